The zero-order valence-corrected chi connectivity index (χ0v) is 13.1. The van der Waals surface area contributed by atoms with Crippen molar-refractivity contribution in [3.63, 3.8) is 0 Å². The Balaban J connectivity index is 1.94. The van der Waals surface area contributed by atoms with Gasteiger partial charge in [-0.15, -0.1) is 0 Å². The summed E-state index contributed by atoms with van der Waals surface area (Å²) in [5.41, 5.74) is 1.71. The van der Waals surface area contributed by atoms with Gasteiger partial charge in [0, 0.05) is 0 Å². The molecule has 114 valence electrons. The molecule has 3 aromatic rings. The monoisotopic (exact) mass is 337 g/mol. The Morgan fingerprint density at radius 3 is 2.77 bits per heavy atom. The molecule has 1 aromatic heterocycles. The molecule has 22 heavy (non-hydrogen) atoms. The van der Waals surface area contributed by atoms with Gasteiger partial charge in [0.2, 0.25) is 0 Å². The van der Waals surface area contributed by atoms with Gasteiger partial charge >= 0.3 is 0 Å². The van der Waals surface area contributed by atoms with Gasteiger partial charge < -0.3 is 9.72 Å². The van der Waals surface area contributed by atoms with E-state index in [1.807, 2.05) is 0 Å². The molecule has 3 rings (SSSR count). The van der Waals surface area contributed by atoms with Crippen LogP contribution in [0.2, 0.25) is 5.02 Å². The minimum Gasteiger partial charge on any atom is -0.495 e. The number of sulfonamides is 1. The van der Waals surface area contributed by atoms with Crippen molar-refractivity contribution in [2.75, 3.05) is 11.8 Å². The van der Waals surface area contributed by atoms with E-state index in [0.29, 0.717) is 27.5 Å². The molecule has 8 heteroatoms. The molecule has 0 saturated carbocycles. The number of aromatic nitrogens is 2. The molecule has 0 fully saturated rings. The molecule has 0 amide bonds. The number of nitrogens with zero attached hydrogens (tertiary/aromatic N) is 1. The molecule has 6 nitrogen and oxygen atoms in total. The predicted octanol–water partition coefficient (Wildman–Crippen LogP) is 3.03. The fraction of sp³-hybridized carbons (Fsp3) is 0.0714. The number of hydrogen-bond acceptors (Lipinski definition) is 4. The van der Waals surface area contributed by atoms with Crippen molar-refractivity contribution < 1.29 is 13.2 Å². The fourth-order valence-electron chi connectivity index (χ4n) is 2.03. The van der Waals surface area contributed by atoms with Gasteiger partial charge in [-0.2, -0.15) is 0 Å². The minimum atomic E-state index is -3.72. The normalized spacial score (nSPS) is 11.5. The predicted molar refractivity (Wildman–Crippen MR) is 84.9 cm³/mol. The summed E-state index contributed by atoms with van der Waals surface area (Å²) < 4.78 is 32.3. The summed E-state index contributed by atoms with van der Waals surface area (Å²) in [6, 6.07) is 9.33. The standard InChI is InChI=1S/C14H12ClN3O3S/c1-21-14-5-2-9(6-11(14)15)18-22(19,20)10-3-4-12-13(7-10)17-8-16-12/h2-8,18H,1H3,(H,16,17). The number of ether oxygens (including phenoxy) is 1. The number of H-pyrrole nitrogens is 1. The molecule has 0 saturated heterocycles. The second-order valence-electron chi connectivity index (χ2n) is 4.54. The van der Waals surface area contributed by atoms with Crippen LogP contribution in [0.1, 0.15) is 0 Å². The number of halogens is 1. The molecule has 0 aliphatic heterocycles. The molecule has 0 atom stereocenters. The maximum atomic E-state index is 12.4. The first kappa shape index (κ1) is 14.7. The zero-order valence-electron chi connectivity index (χ0n) is 11.5. The Kier molecular flexibility index (Phi) is 3.67. The summed E-state index contributed by atoms with van der Waals surface area (Å²) in [7, 11) is -2.23. The van der Waals surface area contributed by atoms with E-state index in [1.54, 1.807) is 18.2 Å². The van der Waals surface area contributed by atoms with Gasteiger partial charge in [0.05, 0.1) is 40.1 Å². The highest BCUT2D eigenvalue weighted by molar-refractivity contribution is 7.92. The Morgan fingerprint density at radius 2 is 2.05 bits per heavy atom. The molecule has 0 aliphatic rings. The van der Waals surface area contributed by atoms with Crippen LogP contribution >= 0.6 is 11.6 Å². The molecule has 0 aliphatic carbocycles. The van der Waals surface area contributed by atoms with Crippen LogP contribution < -0.4 is 9.46 Å². The van der Waals surface area contributed by atoms with E-state index in [9.17, 15) is 8.42 Å². The minimum absolute atomic E-state index is 0.135. The van der Waals surface area contributed by atoms with Crippen LogP contribution in [-0.2, 0) is 10.0 Å². The second kappa shape index (κ2) is 5.51. The maximum absolute atomic E-state index is 12.4. The van der Waals surface area contributed by atoms with E-state index >= 15 is 0 Å². The molecule has 0 radical (unpaired) electrons. The third kappa shape index (κ3) is 2.72. The third-order valence-electron chi connectivity index (χ3n) is 3.11. The van der Waals surface area contributed by atoms with Crippen LogP contribution in [0.3, 0.4) is 0 Å². The number of benzene rings is 2. The molecule has 0 unspecified atom stereocenters. The second-order valence-corrected chi connectivity index (χ2v) is 6.63. The zero-order chi connectivity index (χ0) is 15.7. The van der Waals surface area contributed by atoms with Crippen molar-refractivity contribution in [1.29, 1.82) is 0 Å². The van der Waals surface area contributed by atoms with Crippen molar-refractivity contribution in [2.24, 2.45) is 0 Å². The fourth-order valence-corrected chi connectivity index (χ4v) is 3.36. The lowest BCUT2D eigenvalue weighted by atomic mass is 10.3. The van der Waals surface area contributed by atoms with Crippen molar-refractivity contribution in [3.8, 4) is 5.75 Å². The molecule has 1 heterocycles. The van der Waals surface area contributed by atoms with Crippen LogP contribution in [0.4, 0.5) is 5.69 Å². The van der Waals surface area contributed by atoms with Gasteiger partial charge in [-0.1, -0.05) is 11.6 Å². The van der Waals surface area contributed by atoms with Crippen LogP contribution in [0, 0.1) is 0 Å². The van der Waals surface area contributed by atoms with Crippen molar-refractivity contribution >= 4 is 38.3 Å². The summed E-state index contributed by atoms with van der Waals surface area (Å²) in [5.74, 6) is 0.475. The van der Waals surface area contributed by atoms with E-state index in [2.05, 4.69) is 14.7 Å². The third-order valence-corrected chi connectivity index (χ3v) is 4.78. The van der Waals surface area contributed by atoms with Crippen LogP contribution in [0.15, 0.2) is 47.6 Å². The van der Waals surface area contributed by atoms with Crippen molar-refractivity contribution in [3.05, 3.63) is 47.7 Å². The van der Waals surface area contributed by atoms with Crippen LogP contribution in [0.5, 0.6) is 5.75 Å². The van der Waals surface area contributed by atoms with Gasteiger partial charge in [-0.3, -0.25) is 4.72 Å². The lowest BCUT2D eigenvalue weighted by molar-refractivity contribution is 0.415. The Morgan fingerprint density at radius 1 is 1.23 bits per heavy atom. The highest BCUT2D eigenvalue weighted by Gasteiger charge is 2.16. The lowest BCUT2D eigenvalue weighted by Gasteiger charge is -2.10. The highest BCUT2D eigenvalue weighted by atomic mass is 35.5. The van der Waals surface area contributed by atoms with Crippen molar-refractivity contribution in [1.82, 2.24) is 9.97 Å². The topological polar surface area (TPSA) is 84.1 Å². The summed E-state index contributed by atoms with van der Waals surface area (Å²) in [4.78, 5) is 7.07. The van der Waals surface area contributed by atoms with Crippen LogP contribution in [0.25, 0.3) is 11.0 Å². The molecule has 2 N–H and O–H groups in total. The van der Waals surface area contributed by atoms with Crippen molar-refractivity contribution in [2.45, 2.75) is 4.90 Å². The Bertz CT molecular complexity index is 937. The van der Waals surface area contributed by atoms with Gasteiger partial charge in [-0.25, -0.2) is 13.4 Å². The molecular weight excluding hydrogens is 326 g/mol. The number of hydrogen-bond donors (Lipinski definition) is 2. The van der Waals surface area contributed by atoms with E-state index in [4.69, 9.17) is 16.3 Å². The van der Waals surface area contributed by atoms with Gasteiger partial charge in [-0.05, 0) is 36.4 Å². The van der Waals surface area contributed by atoms with E-state index in [0.717, 1.165) is 0 Å². The smallest absolute Gasteiger partial charge is 0.261 e. The average Bonchev–Trinajstić information content (AvgIpc) is 2.94. The Labute approximate surface area is 132 Å². The number of imidazole rings is 1. The lowest BCUT2D eigenvalue weighted by Crippen LogP contribution is -2.12. The van der Waals surface area contributed by atoms with Gasteiger partial charge in [0.15, 0.2) is 0 Å². The summed E-state index contributed by atoms with van der Waals surface area (Å²) in [6.45, 7) is 0. The van der Waals surface area contributed by atoms with Crippen LogP contribution in [-0.4, -0.2) is 25.5 Å². The molecular formula is C14H12ClN3O3S. The van der Waals surface area contributed by atoms with E-state index < -0.39 is 10.0 Å². The Hall–Kier alpha value is -2.25. The first-order valence-electron chi connectivity index (χ1n) is 6.29. The number of anilines is 1. The highest BCUT2D eigenvalue weighted by Crippen LogP contribution is 2.28. The summed E-state index contributed by atoms with van der Waals surface area (Å²) >= 11 is 5.99. The SMILES string of the molecule is COc1ccc(NS(=O)(=O)c2ccc3nc[nH]c3c2)cc1Cl. The largest absolute Gasteiger partial charge is 0.495 e. The van der Waals surface area contributed by atoms with E-state index in [1.165, 1.54) is 31.6 Å². The molecule has 0 spiro atoms. The number of nitrogens with one attached hydrogen (secondary N) is 2. The first-order chi connectivity index (χ1) is 10.5. The average molecular weight is 338 g/mol. The number of methoxy groups -OCH3 is 1. The number of rotatable bonds is 4. The molecule has 2 aromatic carbocycles. The van der Waals surface area contributed by atoms with Gasteiger partial charge in [0.1, 0.15) is 5.75 Å². The quantitative estimate of drug-likeness (QED) is 0.766. The maximum Gasteiger partial charge on any atom is 0.261 e. The molecule has 0 bridgehead atoms. The van der Waals surface area contributed by atoms with Gasteiger partial charge in [0.25, 0.3) is 10.0 Å². The van der Waals surface area contributed by atoms with E-state index in [-0.39, 0.29) is 4.90 Å². The number of aromatic amines is 1. The number of fused-ring (bicyclic) bond motifs is 1. The summed E-state index contributed by atoms with van der Waals surface area (Å²) in [6.07, 6.45) is 1.51. The first-order valence-corrected chi connectivity index (χ1v) is 8.15. The summed E-state index contributed by atoms with van der Waals surface area (Å²) in [5, 5.41) is 0.326.